The number of amides is 2. The van der Waals surface area contributed by atoms with Gasteiger partial charge in [0.1, 0.15) is 10.7 Å². The summed E-state index contributed by atoms with van der Waals surface area (Å²) in [7, 11) is 0. The van der Waals surface area contributed by atoms with Crippen molar-refractivity contribution in [2.45, 2.75) is 20.3 Å². The van der Waals surface area contributed by atoms with E-state index in [0.29, 0.717) is 31.9 Å². The van der Waals surface area contributed by atoms with E-state index >= 15 is 0 Å². The Morgan fingerprint density at radius 2 is 1.71 bits per heavy atom. The molecule has 126 valence electrons. The Bertz CT molecular complexity index is 731. The highest BCUT2D eigenvalue weighted by Gasteiger charge is 2.24. The number of thiazole rings is 1. The van der Waals surface area contributed by atoms with E-state index in [-0.39, 0.29) is 11.8 Å². The molecule has 0 atom stereocenters. The Morgan fingerprint density at radius 3 is 2.29 bits per heavy atom. The SMILES string of the molecule is CCc1ccc(-c2nc(C(=O)N3CCN(C(C)=O)CC3)cs2)cc1. The number of carbonyl (C=O) groups is 2. The van der Waals surface area contributed by atoms with E-state index in [1.807, 2.05) is 5.38 Å². The number of rotatable bonds is 3. The van der Waals surface area contributed by atoms with Crippen LogP contribution in [0.3, 0.4) is 0 Å². The van der Waals surface area contributed by atoms with Crippen LogP contribution in [-0.4, -0.2) is 52.8 Å². The standard InChI is InChI=1S/C18H21N3O2S/c1-3-14-4-6-15(7-5-14)17-19-16(12-24-17)18(23)21-10-8-20(9-11-21)13(2)22/h4-7,12H,3,8-11H2,1-2H3. The minimum atomic E-state index is -0.0501. The molecule has 5 nitrogen and oxygen atoms in total. The topological polar surface area (TPSA) is 53.5 Å². The summed E-state index contributed by atoms with van der Waals surface area (Å²) in [6, 6.07) is 8.30. The summed E-state index contributed by atoms with van der Waals surface area (Å²) < 4.78 is 0. The molecule has 3 rings (SSSR count). The molecule has 0 aliphatic carbocycles. The van der Waals surface area contributed by atoms with Crippen molar-refractivity contribution >= 4 is 23.2 Å². The van der Waals surface area contributed by atoms with Crippen molar-refractivity contribution in [1.82, 2.24) is 14.8 Å². The highest BCUT2D eigenvalue weighted by molar-refractivity contribution is 7.13. The fourth-order valence-electron chi connectivity index (χ4n) is 2.77. The Labute approximate surface area is 145 Å². The average Bonchev–Trinajstić information content (AvgIpc) is 3.11. The molecule has 24 heavy (non-hydrogen) atoms. The molecule has 0 unspecified atom stereocenters. The molecule has 1 aromatic heterocycles. The van der Waals surface area contributed by atoms with Crippen LogP contribution in [0.4, 0.5) is 0 Å². The van der Waals surface area contributed by atoms with Crippen LogP contribution in [0.25, 0.3) is 10.6 Å². The molecule has 1 aromatic carbocycles. The highest BCUT2D eigenvalue weighted by atomic mass is 32.1. The summed E-state index contributed by atoms with van der Waals surface area (Å²) in [6.45, 7) is 6.01. The van der Waals surface area contributed by atoms with Crippen LogP contribution in [0.2, 0.25) is 0 Å². The van der Waals surface area contributed by atoms with Gasteiger partial charge in [-0.25, -0.2) is 4.98 Å². The zero-order valence-corrected chi connectivity index (χ0v) is 14.8. The molecule has 0 radical (unpaired) electrons. The van der Waals surface area contributed by atoms with Crippen LogP contribution in [-0.2, 0) is 11.2 Å². The van der Waals surface area contributed by atoms with Crippen LogP contribution in [0.5, 0.6) is 0 Å². The molecule has 2 aromatic rings. The second-order valence-electron chi connectivity index (χ2n) is 5.89. The lowest BCUT2D eigenvalue weighted by Crippen LogP contribution is -2.50. The minimum absolute atomic E-state index is 0.0501. The molecule has 0 spiro atoms. The van der Waals surface area contributed by atoms with Gasteiger partial charge in [-0.15, -0.1) is 11.3 Å². The largest absolute Gasteiger partial charge is 0.339 e. The predicted molar refractivity (Wildman–Crippen MR) is 95.1 cm³/mol. The second kappa shape index (κ2) is 7.13. The van der Waals surface area contributed by atoms with Gasteiger partial charge in [0.05, 0.1) is 0 Å². The van der Waals surface area contributed by atoms with Gasteiger partial charge in [-0.3, -0.25) is 9.59 Å². The van der Waals surface area contributed by atoms with Gasteiger partial charge in [0.25, 0.3) is 5.91 Å². The van der Waals surface area contributed by atoms with Gasteiger partial charge in [0.15, 0.2) is 0 Å². The molecule has 0 saturated carbocycles. The van der Waals surface area contributed by atoms with Crippen molar-refractivity contribution in [1.29, 1.82) is 0 Å². The first kappa shape index (κ1) is 16.6. The smallest absolute Gasteiger partial charge is 0.273 e. The van der Waals surface area contributed by atoms with Crippen molar-refractivity contribution in [2.24, 2.45) is 0 Å². The predicted octanol–water partition coefficient (Wildman–Crippen LogP) is 2.68. The summed E-state index contributed by atoms with van der Waals surface area (Å²) in [5, 5.41) is 2.69. The summed E-state index contributed by atoms with van der Waals surface area (Å²) in [5.41, 5.74) is 2.82. The third kappa shape index (κ3) is 3.48. The fraction of sp³-hybridized carbons (Fsp3) is 0.389. The minimum Gasteiger partial charge on any atom is -0.339 e. The Hall–Kier alpha value is -2.21. The average molecular weight is 343 g/mol. The molecule has 1 fully saturated rings. The Balaban J connectivity index is 1.68. The summed E-state index contributed by atoms with van der Waals surface area (Å²) in [5.74, 6) is 0.0134. The quantitative estimate of drug-likeness (QED) is 0.861. The zero-order valence-electron chi connectivity index (χ0n) is 14.0. The lowest BCUT2D eigenvalue weighted by molar-refractivity contribution is -0.130. The maximum Gasteiger partial charge on any atom is 0.273 e. The van der Waals surface area contributed by atoms with Crippen LogP contribution in [0.1, 0.15) is 29.9 Å². The van der Waals surface area contributed by atoms with Gasteiger partial charge in [0, 0.05) is 44.0 Å². The van der Waals surface area contributed by atoms with Gasteiger partial charge in [-0.05, 0) is 12.0 Å². The number of aromatic nitrogens is 1. The van der Waals surface area contributed by atoms with Crippen molar-refractivity contribution in [2.75, 3.05) is 26.2 Å². The Kier molecular flexibility index (Phi) is 4.94. The van der Waals surface area contributed by atoms with E-state index in [0.717, 1.165) is 17.0 Å². The number of carbonyl (C=O) groups excluding carboxylic acids is 2. The van der Waals surface area contributed by atoms with Crippen molar-refractivity contribution in [3.05, 3.63) is 40.9 Å². The van der Waals surface area contributed by atoms with Gasteiger partial charge in [-0.1, -0.05) is 31.2 Å². The molecule has 1 aliphatic heterocycles. The molecule has 0 bridgehead atoms. The van der Waals surface area contributed by atoms with Crippen LogP contribution < -0.4 is 0 Å². The van der Waals surface area contributed by atoms with E-state index < -0.39 is 0 Å². The molecule has 2 heterocycles. The van der Waals surface area contributed by atoms with E-state index in [2.05, 4.69) is 36.2 Å². The zero-order chi connectivity index (χ0) is 17.1. The monoisotopic (exact) mass is 343 g/mol. The van der Waals surface area contributed by atoms with Gasteiger partial charge in [0.2, 0.25) is 5.91 Å². The molecular formula is C18H21N3O2S. The number of piperazine rings is 1. The number of benzene rings is 1. The molecule has 6 heteroatoms. The molecule has 1 aliphatic rings. The lowest BCUT2D eigenvalue weighted by atomic mass is 10.1. The molecule has 1 saturated heterocycles. The maximum absolute atomic E-state index is 12.6. The number of hydrogen-bond donors (Lipinski definition) is 0. The van der Waals surface area contributed by atoms with E-state index in [4.69, 9.17) is 0 Å². The maximum atomic E-state index is 12.6. The van der Waals surface area contributed by atoms with Gasteiger partial charge < -0.3 is 9.80 Å². The summed E-state index contributed by atoms with van der Waals surface area (Å²) in [4.78, 5) is 32.0. The molecule has 2 amide bonds. The number of nitrogens with zero attached hydrogens (tertiary/aromatic N) is 3. The van der Waals surface area contributed by atoms with E-state index in [9.17, 15) is 9.59 Å². The van der Waals surface area contributed by atoms with Crippen LogP contribution in [0, 0.1) is 0 Å². The normalized spacial score (nSPS) is 14.8. The lowest BCUT2D eigenvalue weighted by Gasteiger charge is -2.33. The van der Waals surface area contributed by atoms with Gasteiger partial charge >= 0.3 is 0 Å². The summed E-state index contributed by atoms with van der Waals surface area (Å²) in [6.07, 6.45) is 1.01. The highest BCUT2D eigenvalue weighted by Crippen LogP contribution is 2.25. The van der Waals surface area contributed by atoms with Crippen LogP contribution >= 0.6 is 11.3 Å². The first-order valence-corrected chi connectivity index (χ1v) is 9.06. The number of aryl methyl sites for hydroxylation is 1. The van der Waals surface area contributed by atoms with E-state index in [1.165, 1.54) is 16.9 Å². The molecular weight excluding hydrogens is 322 g/mol. The van der Waals surface area contributed by atoms with E-state index in [1.54, 1.807) is 16.7 Å². The van der Waals surface area contributed by atoms with Crippen molar-refractivity contribution in [3.63, 3.8) is 0 Å². The third-order valence-electron chi connectivity index (χ3n) is 4.34. The van der Waals surface area contributed by atoms with Gasteiger partial charge in [-0.2, -0.15) is 0 Å². The number of hydrogen-bond acceptors (Lipinski definition) is 4. The van der Waals surface area contributed by atoms with Crippen molar-refractivity contribution < 1.29 is 9.59 Å². The fourth-order valence-corrected chi connectivity index (χ4v) is 3.57. The Morgan fingerprint density at radius 1 is 1.08 bits per heavy atom. The van der Waals surface area contributed by atoms with Crippen LogP contribution in [0.15, 0.2) is 29.6 Å². The first-order chi connectivity index (χ1) is 11.6. The second-order valence-corrected chi connectivity index (χ2v) is 6.74. The third-order valence-corrected chi connectivity index (χ3v) is 5.24. The first-order valence-electron chi connectivity index (χ1n) is 8.18. The molecule has 0 N–H and O–H groups in total. The van der Waals surface area contributed by atoms with Crippen molar-refractivity contribution in [3.8, 4) is 10.6 Å². The summed E-state index contributed by atoms with van der Waals surface area (Å²) >= 11 is 1.49.